The predicted octanol–water partition coefficient (Wildman–Crippen LogP) is 3.85. The average molecular weight is 313 g/mol. The largest absolute Gasteiger partial charge is 0.481 e. The van der Waals surface area contributed by atoms with Crippen molar-refractivity contribution in [1.29, 1.82) is 0 Å². The van der Waals surface area contributed by atoms with Crippen LogP contribution in [0.2, 0.25) is 0 Å². The number of carboxylic acid groups (broad SMARTS) is 1. The Balaban J connectivity index is 2.45. The third-order valence-electron chi connectivity index (χ3n) is 3.14. The highest BCUT2D eigenvalue weighted by Crippen LogP contribution is 2.33. The Morgan fingerprint density at radius 3 is 2.32 bits per heavy atom. The molecule has 0 fully saturated rings. The normalized spacial score (nSPS) is 12.9. The molecule has 0 aliphatic heterocycles. The fourth-order valence-corrected chi connectivity index (χ4v) is 2.10. The zero-order chi connectivity index (χ0) is 16.3. The SMILES string of the molecule is O=C(O)C[C@@H](c1ccc(F)cc1)c1cncc(C(F)(F)F)c1. The van der Waals surface area contributed by atoms with Gasteiger partial charge in [-0.2, -0.15) is 13.2 Å². The summed E-state index contributed by atoms with van der Waals surface area (Å²) in [6.45, 7) is 0. The van der Waals surface area contributed by atoms with Crippen LogP contribution in [0.25, 0.3) is 0 Å². The van der Waals surface area contributed by atoms with E-state index in [1.165, 1.54) is 18.3 Å². The van der Waals surface area contributed by atoms with Crippen LogP contribution in [-0.2, 0) is 11.0 Å². The standard InChI is InChI=1S/C15H11F4NO2/c16-12-3-1-9(2-4-12)13(6-14(21)22)10-5-11(8-20-7-10)15(17,18)19/h1-5,7-8,13H,6H2,(H,21,22)/t13-/m0/s1. The van der Waals surface area contributed by atoms with E-state index in [0.29, 0.717) is 11.8 Å². The van der Waals surface area contributed by atoms with Crippen molar-refractivity contribution in [2.45, 2.75) is 18.5 Å². The van der Waals surface area contributed by atoms with Gasteiger partial charge in [0.2, 0.25) is 0 Å². The average Bonchev–Trinajstić information content (AvgIpc) is 2.45. The van der Waals surface area contributed by atoms with E-state index in [0.717, 1.165) is 18.2 Å². The van der Waals surface area contributed by atoms with Gasteiger partial charge < -0.3 is 5.11 Å². The molecule has 1 heterocycles. The molecule has 1 aromatic heterocycles. The van der Waals surface area contributed by atoms with Crippen LogP contribution in [0.15, 0.2) is 42.7 Å². The van der Waals surface area contributed by atoms with Crippen molar-refractivity contribution in [3.05, 3.63) is 65.2 Å². The highest BCUT2D eigenvalue weighted by Gasteiger charge is 2.32. The second kappa shape index (κ2) is 6.13. The van der Waals surface area contributed by atoms with E-state index in [1.54, 1.807) is 0 Å². The predicted molar refractivity (Wildman–Crippen MR) is 69.7 cm³/mol. The number of carbonyl (C=O) groups is 1. The maximum Gasteiger partial charge on any atom is 0.417 e. The van der Waals surface area contributed by atoms with Crippen molar-refractivity contribution in [3.63, 3.8) is 0 Å². The molecule has 1 N–H and O–H groups in total. The van der Waals surface area contributed by atoms with Gasteiger partial charge in [-0.05, 0) is 29.3 Å². The molecule has 22 heavy (non-hydrogen) atoms. The van der Waals surface area contributed by atoms with Gasteiger partial charge in [-0.25, -0.2) is 4.39 Å². The molecule has 2 rings (SSSR count). The minimum atomic E-state index is -4.57. The van der Waals surface area contributed by atoms with E-state index in [-0.39, 0.29) is 5.56 Å². The van der Waals surface area contributed by atoms with Crippen LogP contribution < -0.4 is 0 Å². The van der Waals surface area contributed by atoms with Crippen LogP contribution in [0.3, 0.4) is 0 Å². The van der Waals surface area contributed by atoms with Gasteiger partial charge in [0.15, 0.2) is 0 Å². The quantitative estimate of drug-likeness (QED) is 0.872. The first-order valence-corrected chi connectivity index (χ1v) is 6.27. The number of aromatic nitrogens is 1. The Morgan fingerprint density at radius 1 is 1.14 bits per heavy atom. The van der Waals surface area contributed by atoms with Gasteiger partial charge in [-0.1, -0.05) is 12.1 Å². The zero-order valence-corrected chi connectivity index (χ0v) is 11.1. The number of halogens is 4. The number of benzene rings is 1. The molecule has 1 atom stereocenters. The van der Waals surface area contributed by atoms with Gasteiger partial charge in [0.05, 0.1) is 12.0 Å². The third-order valence-corrected chi connectivity index (χ3v) is 3.14. The van der Waals surface area contributed by atoms with Crippen LogP contribution >= 0.6 is 0 Å². The molecule has 0 amide bonds. The second-order valence-corrected chi connectivity index (χ2v) is 4.71. The Morgan fingerprint density at radius 2 is 1.77 bits per heavy atom. The summed E-state index contributed by atoms with van der Waals surface area (Å²) < 4.78 is 51.2. The molecule has 2 aromatic rings. The first kappa shape index (κ1) is 15.9. The van der Waals surface area contributed by atoms with Crippen LogP contribution in [0.1, 0.15) is 29.0 Å². The summed E-state index contributed by atoms with van der Waals surface area (Å²) in [5, 5.41) is 8.97. The van der Waals surface area contributed by atoms with Crippen molar-refractivity contribution < 1.29 is 27.5 Å². The van der Waals surface area contributed by atoms with Gasteiger partial charge >= 0.3 is 12.1 Å². The Bertz CT molecular complexity index is 668. The molecule has 116 valence electrons. The lowest BCUT2D eigenvalue weighted by Crippen LogP contribution is -2.11. The fourth-order valence-electron chi connectivity index (χ4n) is 2.10. The third kappa shape index (κ3) is 3.81. The molecule has 3 nitrogen and oxygen atoms in total. The number of hydrogen-bond donors (Lipinski definition) is 1. The summed E-state index contributed by atoms with van der Waals surface area (Å²) in [7, 11) is 0. The molecule has 0 aliphatic rings. The molecule has 0 unspecified atom stereocenters. The zero-order valence-electron chi connectivity index (χ0n) is 11.1. The van der Waals surface area contributed by atoms with Crippen molar-refractivity contribution >= 4 is 5.97 Å². The molecule has 0 bridgehead atoms. The molecular formula is C15H11F4NO2. The van der Waals surface area contributed by atoms with Gasteiger partial charge in [0, 0.05) is 18.3 Å². The number of hydrogen-bond acceptors (Lipinski definition) is 2. The maximum atomic E-state index is 13.0. The van der Waals surface area contributed by atoms with E-state index >= 15 is 0 Å². The smallest absolute Gasteiger partial charge is 0.417 e. The number of rotatable bonds is 4. The first-order chi connectivity index (χ1) is 10.3. The molecule has 0 radical (unpaired) electrons. The van der Waals surface area contributed by atoms with E-state index in [2.05, 4.69) is 4.98 Å². The highest BCUT2D eigenvalue weighted by atomic mass is 19.4. The Labute approximate surface area is 123 Å². The first-order valence-electron chi connectivity index (χ1n) is 6.27. The van der Waals surface area contributed by atoms with Crippen molar-refractivity contribution in [2.75, 3.05) is 0 Å². The van der Waals surface area contributed by atoms with Gasteiger partial charge in [-0.3, -0.25) is 9.78 Å². The number of pyridine rings is 1. The summed E-state index contributed by atoms with van der Waals surface area (Å²) in [6.07, 6.45) is -3.13. The lowest BCUT2D eigenvalue weighted by Gasteiger charge is -2.17. The number of alkyl halides is 3. The summed E-state index contributed by atoms with van der Waals surface area (Å²) in [6, 6.07) is 5.83. The molecule has 0 aliphatic carbocycles. The van der Waals surface area contributed by atoms with Gasteiger partial charge in [-0.15, -0.1) is 0 Å². The van der Waals surface area contributed by atoms with Gasteiger partial charge in [0.1, 0.15) is 5.82 Å². The topological polar surface area (TPSA) is 50.2 Å². The van der Waals surface area contributed by atoms with E-state index in [9.17, 15) is 22.4 Å². The van der Waals surface area contributed by atoms with Gasteiger partial charge in [0.25, 0.3) is 0 Å². The highest BCUT2D eigenvalue weighted by molar-refractivity contribution is 5.69. The Hall–Kier alpha value is -2.44. The number of aliphatic carboxylic acids is 1. The summed E-state index contributed by atoms with van der Waals surface area (Å²) >= 11 is 0. The lowest BCUT2D eigenvalue weighted by atomic mass is 9.89. The molecule has 0 saturated heterocycles. The van der Waals surface area contributed by atoms with E-state index in [1.807, 2.05) is 0 Å². The van der Waals surface area contributed by atoms with E-state index in [4.69, 9.17) is 5.11 Å². The van der Waals surface area contributed by atoms with Crippen molar-refractivity contribution in [2.24, 2.45) is 0 Å². The summed E-state index contributed by atoms with van der Waals surface area (Å²) in [4.78, 5) is 14.5. The van der Waals surface area contributed by atoms with Crippen LogP contribution in [0.5, 0.6) is 0 Å². The fraction of sp³-hybridized carbons (Fsp3) is 0.200. The summed E-state index contributed by atoms with van der Waals surface area (Å²) in [5.41, 5.74) is -0.434. The van der Waals surface area contributed by atoms with Crippen molar-refractivity contribution in [1.82, 2.24) is 4.98 Å². The van der Waals surface area contributed by atoms with Crippen LogP contribution in [-0.4, -0.2) is 16.1 Å². The molecule has 0 saturated carbocycles. The molecule has 1 aromatic carbocycles. The second-order valence-electron chi connectivity index (χ2n) is 4.71. The lowest BCUT2D eigenvalue weighted by molar-refractivity contribution is -0.138. The van der Waals surface area contributed by atoms with Crippen LogP contribution in [0, 0.1) is 5.82 Å². The van der Waals surface area contributed by atoms with Crippen LogP contribution in [0.4, 0.5) is 17.6 Å². The minimum Gasteiger partial charge on any atom is -0.481 e. The maximum absolute atomic E-state index is 13.0. The van der Waals surface area contributed by atoms with Crippen molar-refractivity contribution in [3.8, 4) is 0 Å². The molecular weight excluding hydrogens is 302 g/mol. The Kier molecular flexibility index (Phi) is 4.44. The number of carboxylic acids is 1. The number of nitrogens with zero attached hydrogens (tertiary/aromatic N) is 1. The minimum absolute atomic E-state index is 0.115. The summed E-state index contributed by atoms with van der Waals surface area (Å²) in [5.74, 6) is -2.53. The molecule has 0 spiro atoms. The molecule has 7 heteroatoms. The van der Waals surface area contributed by atoms with E-state index < -0.39 is 35.9 Å². The monoisotopic (exact) mass is 313 g/mol.